The van der Waals surface area contributed by atoms with Crippen molar-refractivity contribution in [2.75, 3.05) is 17.1 Å². The van der Waals surface area contributed by atoms with Gasteiger partial charge in [0.25, 0.3) is 0 Å². The van der Waals surface area contributed by atoms with Crippen molar-refractivity contribution in [2.24, 2.45) is 0 Å². The van der Waals surface area contributed by atoms with Gasteiger partial charge in [-0.3, -0.25) is 13.9 Å². The van der Waals surface area contributed by atoms with Gasteiger partial charge in [0.15, 0.2) is 0 Å². The molecule has 0 aliphatic rings. The van der Waals surface area contributed by atoms with Gasteiger partial charge in [0.1, 0.15) is 30.8 Å². The van der Waals surface area contributed by atoms with Crippen LogP contribution in [0.25, 0.3) is 0 Å². The fraction of sp³-hybridized carbons (Fsp3) is 0.278. The maximum atomic E-state index is 14.9. The van der Waals surface area contributed by atoms with Crippen molar-refractivity contribution in [2.45, 2.75) is 51.9 Å². The molecule has 46 heavy (non-hydrogen) atoms. The number of halogens is 1. The van der Waals surface area contributed by atoms with Gasteiger partial charge in [-0.15, -0.1) is 0 Å². The summed E-state index contributed by atoms with van der Waals surface area (Å²) in [6.45, 7) is 3.29. The maximum absolute atomic E-state index is 14.9. The van der Waals surface area contributed by atoms with Crippen molar-refractivity contribution in [3.05, 3.63) is 132 Å². The Kier molecular flexibility index (Phi) is 11.9. The second kappa shape index (κ2) is 16.0. The molecule has 4 aromatic carbocycles. The van der Waals surface area contributed by atoms with Crippen molar-refractivity contribution in [3.8, 4) is 5.75 Å². The molecule has 0 aliphatic heterocycles. The van der Waals surface area contributed by atoms with E-state index in [0.29, 0.717) is 18.8 Å². The van der Waals surface area contributed by atoms with Gasteiger partial charge >= 0.3 is 0 Å². The van der Waals surface area contributed by atoms with Crippen LogP contribution in [0.4, 0.5) is 10.1 Å². The molecule has 0 spiro atoms. The van der Waals surface area contributed by atoms with Crippen LogP contribution < -0.4 is 14.4 Å². The number of hydrogen-bond acceptors (Lipinski definition) is 5. The van der Waals surface area contributed by atoms with Crippen LogP contribution >= 0.6 is 0 Å². The fourth-order valence-corrected chi connectivity index (χ4v) is 5.72. The van der Waals surface area contributed by atoms with Crippen LogP contribution in [0.2, 0.25) is 0 Å². The molecule has 2 atom stereocenters. The molecule has 0 aliphatic carbocycles. The van der Waals surface area contributed by atoms with E-state index in [1.54, 1.807) is 42.5 Å². The minimum Gasteiger partial charge on any atom is -0.489 e. The lowest BCUT2D eigenvalue weighted by Gasteiger charge is -2.34. The molecule has 0 unspecified atom stereocenters. The lowest BCUT2D eigenvalue weighted by Crippen LogP contribution is -2.54. The van der Waals surface area contributed by atoms with Crippen LogP contribution in [-0.4, -0.2) is 50.0 Å². The molecule has 0 aromatic heterocycles. The number of carbonyl (C=O) groups excluding carboxylic acids is 2. The molecular weight excluding hydrogens is 605 g/mol. The predicted molar refractivity (Wildman–Crippen MR) is 178 cm³/mol. The van der Waals surface area contributed by atoms with Gasteiger partial charge in [0, 0.05) is 24.6 Å². The van der Waals surface area contributed by atoms with Gasteiger partial charge in [-0.05, 0) is 54.8 Å². The molecule has 242 valence electrons. The summed E-state index contributed by atoms with van der Waals surface area (Å²) >= 11 is 0. The van der Waals surface area contributed by atoms with Crippen LogP contribution in [0.15, 0.2) is 109 Å². The number of rotatable bonds is 15. The Balaban J connectivity index is 1.65. The number of amides is 2. The Bertz CT molecular complexity index is 1690. The minimum atomic E-state index is -3.95. The van der Waals surface area contributed by atoms with E-state index in [2.05, 4.69) is 5.32 Å². The van der Waals surface area contributed by atoms with Gasteiger partial charge in [0.2, 0.25) is 21.8 Å². The molecule has 0 fully saturated rings. The summed E-state index contributed by atoms with van der Waals surface area (Å²) in [7, 11) is -3.95. The zero-order chi connectivity index (χ0) is 33.1. The summed E-state index contributed by atoms with van der Waals surface area (Å²) in [5.74, 6) is -1.07. The molecular formula is C36H40FN3O5S. The van der Waals surface area contributed by atoms with Crippen molar-refractivity contribution in [1.29, 1.82) is 0 Å². The summed E-state index contributed by atoms with van der Waals surface area (Å²) in [4.78, 5) is 29.2. The van der Waals surface area contributed by atoms with Crippen molar-refractivity contribution < 1.29 is 27.1 Å². The quantitative estimate of drug-likeness (QED) is 0.178. The zero-order valence-electron chi connectivity index (χ0n) is 26.3. The largest absolute Gasteiger partial charge is 0.489 e. The molecule has 0 radical (unpaired) electrons. The van der Waals surface area contributed by atoms with E-state index >= 15 is 0 Å². The van der Waals surface area contributed by atoms with Crippen LogP contribution in [0.5, 0.6) is 5.75 Å². The normalized spacial score (nSPS) is 12.5. The molecule has 10 heteroatoms. The van der Waals surface area contributed by atoms with Crippen molar-refractivity contribution in [3.63, 3.8) is 0 Å². The Hall–Kier alpha value is -4.70. The summed E-state index contributed by atoms with van der Waals surface area (Å²) < 4.78 is 47.9. The molecule has 0 saturated carbocycles. The van der Waals surface area contributed by atoms with Crippen molar-refractivity contribution >= 4 is 27.5 Å². The smallest absolute Gasteiger partial charge is 0.244 e. The number of nitrogens with zero attached hydrogens (tertiary/aromatic N) is 2. The molecule has 2 amide bonds. The summed E-state index contributed by atoms with van der Waals surface area (Å²) in [5.41, 5.74) is 2.23. The van der Waals surface area contributed by atoms with E-state index in [4.69, 9.17) is 4.74 Å². The number of sulfonamides is 1. The Labute approximate surface area is 270 Å². The predicted octanol–water partition coefficient (Wildman–Crippen LogP) is 5.73. The first-order valence-electron chi connectivity index (χ1n) is 15.2. The van der Waals surface area contributed by atoms with Gasteiger partial charge < -0.3 is 15.0 Å². The third-order valence-corrected chi connectivity index (χ3v) is 8.76. The molecule has 4 rings (SSSR count). The van der Waals surface area contributed by atoms with Crippen LogP contribution in [-0.2, 0) is 39.2 Å². The molecule has 0 heterocycles. The van der Waals surface area contributed by atoms with Gasteiger partial charge in [-0.2, -0.15) is 0 Å². The Morgan fingerprint density at radius 1 is 0.848 bits per heavy atom. The Morgan fingerprint density at radius 3 is 2.02 bits per heavy atom. The summed E-state index contributed by atoms with van der Waals surface area (Å²) in [5, 5.41) is 2.96. The highest BCUT2D eigenvalue weighted by molar-refractivity contribution is 7.92. The first-order chi connectivity index (χ1) is 22.0. The minimum absolute atomic E-state index is 0.148. The van der Waals surface area contributed by atoms with E-state index in [1.807, 2.05) is 74.5 Å². The standard InChI is InChI=1S/C36H40FN3O5S/c1-4-27(2)38-36(42)34(23-28-13-7-5-8-14-28)39(24-30-17-11-12-18-33(30)37)35(41)25-40(46(3,43)44)31-19-21-32(22-20-31)45-26-29-15-9-6-10-16-29/h5-22,27,34H,4,23-26H2,1-3H3,(H,38,42)/t27-,34+/m0/s1. The third kappa shape index (κ3) is 9.65. The Morgan fingerprint density at radius 2 is 1.43 bits per heavy atom. The fourth-order valence-electron chi connectivity index (χ4n) is 4.87. The highest BCUT2D eigenvalue weighted by Crippen LogP contribution is 2.24. The van der Waals surface area contributed by atoms with E-state index in [0.717, 1.165) is 21.7 Å². The molecule has 1 N–H and O–H groups in total. The topological polar surface area (TPSA) is 96.0 Å². The molecule has 0 saturated heterocycles. The maximum Gasteiger partial charge on any atom is 0.244 e. The first kappa shape index (κ1) is 34.2. The molecule has 4 aromatic rings. The lowest BCUT2D eigenvalue weighted by atomic mass is 10.0. The number of nitrogens with one attached hydrogen (secondary N) is 1. The lowest BCUT2D eigenvalue weighted by molar-refractivity contribution is -0.140. The zero-order valence-corrected chi connectivity index (χ0v) is 27.1. The number of benzene rings is 4. The molecule has 0 bridgehead atoms. The van der Waals surface area contributed by atoms with Crippen LogP contribution in [0, 0.1) is 5.82 Å². The monoisotopic (exact) mass is 645 g/mol. The second-order valence-electron chi connectivity index (χ2n) is 11.2. The highest BCUT2D eigenvalue weighted by atomic mass is 32.2. The third-order valence-electron chi connectivity index (χ3n) is 7.62. The van der Waals surface area contributed by atoms with Gasteiger partial charge in [-0.25, -0.2) is 12.8 Å². The number of ether oxygens (including phenoxy) is 1. The number of anilines is 1. The van der Waals surface area contributed by atoms with E-state index in [9.17, 15) is 22.4 Å². The average Bonchev–Trinajstić information content (AvgIpc) is 3.05. The highest BCUT2D eigenvalue weighted by Gasteiger charge is 2.33. The SMILES string of the molecule is CC[C@H](C)NC(=O)[C@@H](Cc1ccccc1)N(Cc1ccccc1F)C(=O)CN(c1ccc(OCc2ccccc2)cc1)S(C)(=O)=O. The summed E-state index contributed by atoms with van der Waals surface area (Å²) in [6, 6.07) is 30.0. The van der Waals surface area contributed by atoms with Gasteiger partial charge in [0.05, 0.1) is 11.9 Å². The number of hydrogen-bond donors (Lipinski definition) is 1. The van der Waals surface area contributed by atoms with E-state index in [-0.39, 0.29) is 30.3 Å². The second-order valence-corrected chi connectivity index (χ2v) is 13.1. The first-order valence-corrected chi connectivity index (χ1v) is 17.0. The van der Waals surface area contributed by atoms with E-state index < -0.39 is 40.2 Å². The molecule has 8 nitrogen and oxygen atoms in total. The van der Waals surface area contributed by atoms with Crippen LogP contribution in [0.3, 0.4) is 0 Å². The van der Waals surface area contributed by atoms with E-state index in [1.165, 1.54) is 11.0 Å². The van der Waals surface area contributed by atoms with Crippen LogP contribution in [0.1, 0.15) is 37.0 Å². The number of carbonyl (C=O) groups is 2. The average molecular weight is 646 g/mol. The van der Waals surface area contributed by atoms with Gasteiger partial charge in [-0.1, -0.05) is 85.8 Å². The summed E-state index contributed by atoms with van der Waals surface area (Å²) in [6.07, 6.45) is 1.83. The van der Waals surface area contributed by atoms with Crippen molar-refractivity contribution in [1.82, 2.24) is 10.2 Å².